The smallest absolute Gasteiger partial charge is 0.400 e. The van der Waals surface area contributed by atoms with Crippen molar-refractivity contribution in [3.05, 3.63) is 35.1 Å². The number of carbonyl (C=O) groups is 1. The maximum atomic E-state index is 11.4. The van der Waals surface area contributed by atoms with Crippen molar-refractivity contribution in [1.82, 2.24) is 4.98 Å². The molecule has 5 nitrogen and oxygen atoms in total. The molecule has 126 valence electrons. The second-order valence-corrected chi connectivity index (χ2v) is 7.82. The zero-order valence-electron chi connectivity index (χ0n) is 14.6. The van der Waals surface area contributed by atoms with Crippen LogP contribution in [-0.2, 0) is 14.1 Å². The Labute approximate surface area is 147 Å². The van der Waals surface area contributed by atoms with Crippen LogP contribution in [0, 0.1) is 11.3 Å². The Kier molecular flexibility index (Phi) is 5.54. The zero-order valence-corrected chi connectivity index (χ0v) is 15.4. The summed E-state index contributed by atoms with van der Waals surface area (Å²) in [4.78, 5) is 15.6. The van der Waals surface area contributed by atoms with Crippen molar-refractivity contribution in [2.24, 2.45) is 0 Å². The van der Waals surface area contributed by atoms with E-state index < -0.39 is 18.3 Å². The van der Waals surface area contributed by atoms with Gasteiger partial charge < -0.3 is 9.31 Å². The molecule has 0 unspecified atom stereocenters. The molecule has 0 bridgehead atoms. The first kappa shape index (κ1) is 18.7. The van der Waals surface area contributed by atoms with E-state index in [9.17, 15) is 4.79 Å². The van der Waals surface area contributed by atoms with Gasteiger partial charge in [-0.15, -0.1) is 0 Å². The van der Waals surface area contributed by atoms with E-state index in [2.05, 4.69) is 4.98 Å². The van der Waals surface area contributed by atoms with E-state index >= 15 is 0 Å². The first-order valence-electron chi connectivity index (χ1n) is 7.70. The van der Waals surface area contributed by atoms with E-state index in [1.54, 1.807) is 12.1 Å². The number of hydrogen-bond donors (Lipinski definition) is 0. The average Bonchev–Trinajstić information content (AvgIpc) is 2.72. The predicted octanol–water partition coefficient (Wildman–Crippen LogP) is 3.25. The monoisotopic (exact) mass is 344 g/mol. The van der Waals surface area contributed by atoms with Gasteiger partial charge in [-0.1, -0.05) is 11.8 Å². The Morgan fingerprint density at radius 1 is 1.33 bits per heavy atom. The van der Waals surface area contributed by atoms with Gasteiger partial charge in [0.25, 0.3) is 0 Å². The van der Waals surface area contributed by atoms with Gasteiger partial charge in [0.2, 0.25) is 0 Å². The van der Waals surface area contributed by atoms with Crippen LogP contribution in [0.3, 0.4) is 0 Å². The van der Waals surface area contributed by atoms with Crippen molar-refractivity contribution in [3.63, 3.8) is 0 Å². The SMILES string of the molecule is CC(=O)SCC(=Cc1ccc(C#N)cn1)B1OC(C)(C)C(C)(C)O1. The third-order valence-electron chi connectivity index (χ3n) is 4.25. The van der Waals surface area contributed by atoms with Gasteiger partial charge in [-0.05, 0) is 51.4 Å². The molecule has 0 aliphatic carbocycles. The van der Waals surface area contributed by atoms with Crippen LogP contribution in [0.25, 0.3) is 6.08 Å². The minimum atomic E-state index is -0.528. The number of pyridine rings is 1. The van der Waals surface area contributed by atoms with Gasteiger partial charge in [-0.25, -0.2) is 0 Å². The molecule has 0 radical (unpaired) electrons. The normalized spacial score (nSPS) is 19.2. The molecule has 0 amide bonds. The highest BCUT2D eigenvalue weighted by Gasteiger charge is 2.52. The Bertz CT molecular complexity index is 677. The quantitative estimate of drug-likeness (QED) is 0.781. The van der Waals surface area contributed by atoms with E-state index in [0.29, 0.717) is 17.0 Å². The minimum Gasteiger partial charge on any atom is -0.400 e. The summed E-state index contributed by atoms with van der Waals surface area (Å²) in [6, 6.07) is 5.52. The Balaban J connectivity index is 2.29. The lowest BCUT2D eigenvalue weighted by atomic mass is 9.78. The van der Waals surface area contributed by atoms with Gasteiger partial charge in [-0.2, -0.15) is 5.26 Å². The van der Waals surface area contributed by atoms with E-state index in [4.69, 9.17) is 14.6 Å². The molecule has 0 atom stereocenters. The van der Waals surface area contributed by atoms with Crippen LogP contribution >= 0.6 is 11.8 Å². The topological polar surface area (TPSA) is 72.2 Å². The first-order valence-corrected chi connectivity index (χ1v) is 8.69. The molecule has 1 aliphatic heterocycles. The summed E-state index contributed by atoms with van der Waals surface area (Å²) >= 11 is 1.21. The van der Waals surface area contributed by atoms with Gasteiger partial charge in [0, 0.05) is 18.9 Å². The molecule has 7 heteroatoms. The summed E-state index contributed by atoms with van der Waals surface area (Å²) in [6.07, 6.45) is 3.38. The standard InChI is InChI=1S/C17H21BN2O3S/c1-12(21)24-11-14(8-15-7-6-13(9-19)10-20-15)18-22-16(2,3)17(4,5)23-18/h6-8,10H,11H2,1-5H3. The fourth-order valence-corrected chi connectivity index (χ4v) is 2.69. The zero-order chi connectivity index (χ0) is 18.0. The third kappa shape index (κ3) is 4.26. The largest absolute Gasteiger partial charge is 0.491 e. The third-order valence-corrected chi connectivity index (χ3v) is 5.13. The Morgan fingerprint density at radius 3 is 2.42 bits per heavy atom. The van der Waals surface area contributed by atoms with E-state index in [0.717, 1.165) is 5.47 Å². The van der Waals surface area contributed by atoms with Crippen LogP contribution in [0.5, 0.6) is 0 Å². The van der Waals surface area contributed by atoms with E-state index in [-0.39, 0.29) is 5.12 Å². The van der Waals surface area contributed by atoms with Gasteiger partial charge >= 0.3 is 7.12 Å². The maximum Gasteiger partial charge on any atom is 0.491 e. The van der Waals surface area contributed by atoms with Crippen molar-refractivity contribution in [1.29, 1.82) is 5.26 Å². The molecular weight excluding hydrogens is 323 g/mol. The van der Waals surface area contributed by atoms with E-state index in [1.165, 1.54) is 24.9 Å². The van der Waals surface area contributed by atoms with Gasteiger partial charge in [0.1, 0.15) is 6.07 Å². The predicted molar refractivity (Wildman–Crippen MR) is 96.2 cm³/mol. The second-order valence-electron chi connectivity index (χ2n) is 6.67. The number of thioether (sulfide) groups is 1. The molecule has 1 aliphatic rings. The Morgan fingerprint density at radius 2 is 1.96 bits per heavy atom. The van der Waals surface area contributed by atoms with Crippen molar-refractivity contribution in [2.75, 3.05) is 5.75 Å². The molecule has 1 aromatic rings. The van der Waals surface area contributed by atoms with Crippen LogP contribution in [0.2, 0.25) is 0 Å². The van der Waals surface area contributed by atoms with E-state index in [1.807, 2.05) is 39.8 Å². The highest BCUT2D eigenvalue weighted by atomic mass is 32.2. The number of hydrogen-bond acceptors (Lipinski definition) is 6. The van der Waals surface area contributed by atoms with Crippen molar-refractivity contribution < 1.29 is 14.1 Å². The number of carbonyl (C=O) groups excluding carboxylic acids is 1. The maximum absolute atomic E-state index is 11.4. The molecular formula is C17H21BN2O3S. The van der Waals surface area contributed by atoms with Crippen LogP contribution in [0.4, 0.5) is 0 Å². The Hall–Kier alpha value is -1.62. The lowest BCUT2D eigenvalue weighted by Gasteiger charge is -2.32. The fourth-order valence-electron chi connectivity index (χ4n) is 2.10. The number of nitrogens with zero attached hydrogens (tertiary/aromatic N) is 2. The number of nitriles is 1. The molecule has 1 saturated heterocycles. The molecule has 24 heavy (non-hydrogen) atoms. The number of aromatic nitrogens is 1. The lowest BCUT2D eigenvalue weighted by Crippen LogP contribution is -2.41. The summed E-state index contributed by atoms with van der Waals surface area (Å²) in [5, 5.41) is 8.89. The van der Waals surface area contributed by atoms with Crippen molar-refractivity contribution in [2.45, 2.75) is 45.8 Å². The summed E-state index contributed by atoms with van der Waals surface area (Å²) in [5.41, 5.74) is 1.14. The second kappa shape index (κ2) is 7.10. The molecule has 2 rings (SSSR count). The first-order chi connectivity index (χ1) is 11.1. The van der Waals surface area contributed by atoms with Crippen LogP contribution < -0.4 is 0 Å². The summed E-state index contributed by atoms with van der Waals surface area (Å²) in [6.45, 7) is 9.49. The number of rotatable bonds is 4. The average molecular weight is 344 g/mol. The highest BCUT2D eigenvalue weighted by molar-refractivity contribution is 8.13. The van der Waals surface area contributed by atoms with Gasteiger partial charge in [-0.3, -0.25) is 9.78 Å². The van der Waals surface area contributed by atoms with Gasteiger partial charge in [0.05, 0.1) is 22.5 Å². The molecule has 0 spiro atoms. The lowest BCUT2D eigenvalue weighted by molar-refractivity contribution is -0.109. The molecule has 0 N–H and O–H groups in total. The molecule has 1 fully saturated rings. The molecule has 0 saturated carbocycles. The molecule has 2 heterocycles. The van der Waals surface area contributed by atoms with Crippen molar-refractivity contribution >= 4 is 30.1 Å². The summed E-state index contributed by atoms with van der Waals surface area (Å²) in [5.74, 6) is 0.466. The van der Waals surface area contributed by atoms with Crippen LogP contribution in [-0.4, -0.2) is 34.2 Å². The molecule has 0 aromatic carbocycles. The van der Waals surface area contributed by atoms with Gasteiger partial charge in [0.15, 0.2) is 5.12 Å². The minimum absolute atomic E-state index is 0.0326. The molecule has 1 aromatic heterocycles. The van der Waals surface area contributed by atoms with Crippen LogP contribution in [0.15, 0.2) is 23.8 Å². The fraction of sp³-hybridized carbons (Fsp3) is 0.471. The summed E-state index contributed by atoms with van der Waals surface area (Å²) in [7, 11) is -0.528. The van der Waals surface area contributed by atoms with Crippen molar-refractivity contribution in [3.8, 4) is 6.07 Å². The summed E-state index contributed by atoms with van der Waals surface area (Å²) < 4.78 is 12.2. The van der Waals surface area contributed by atoms with Crippen LogP contribution in [0.1, 0.15) is 45.9 Å². The highest BCUT2D eigenvalue weighted by Crippen LogP contribution is 2.39.